The maximum Gasteiger partial charge on any atom is 0.338 e. The van der Waals surface area contributed by atoms with Crippen LogP contribution in [0.4, 0.5) is 0 Å². The number of carbonyl (C=O) groups excluding carboxylic acids is 2. The van der Waals surface area contributed by atoms with E-state index in [-0.39, 0.29) is 18.4 Å². The zero-order chi connectivity index (χ0) is 14.6. The molecule has 0 amide bonds. The first-order chi connectivity index (χ1) is 8.92. The lowest BCUT2D eigenvalue weighted by Gasteiger charge is -2.16. The third-order valence-corrected chi connectivity index (χ3v) is 3.21. The van der Waals surface area contributed by atoms with E-state index in [0.717, 1.165) is 16.7 Å². The molecule has 0 unspecified atom stereocenters. The Bertz CT molecular complexity index is 503. The van der Waals surface area contributed by atoms with E-state index in [4.69, 9.17) is 4.74 Å². The Kier molecular flexibility index (Phi) is 5.10. The van der Waals surface area contributed by atoms with Gasteiger partial charge in [0.1, 0.15) is 0 Å². The molecule has 1 aromatic carbocycles. The van der Waals surface area contributed by atoms with Gasteiger partial charge in [0.05, 0.1) is 25.7 Å². The smallest absolute Gasteiger partial charge is 0.338 e. The molecule has 0 atom stereocenters. The van der Waals surface area contributed by atoms with Gasteiger partial charge >= 0.3 is 11.9 Å². The van der Waals surface area contributed by atoms with Crippen LogP contribution in [0.1, 0.15) is 39.5 Å². The Morgan fingerprint density at radius 1 is 1.16 bits per heavy atom. The van der Waals surface area contributed by atoms with Crippen LogP contribution in [-0.2, 0) is 20.7 Å². The molecule has 104 valence electrons. The van der Waals surface area contributed by atoms with Gasteiger partial charge in [0, 0.05) is 0 Å². The molecule has 0 bridgehead atoms. The molecule has 19 heavy (non-hydrogen) atoms. The minimum absolute atomic E-state index is 0.0810. The van der Waals surface area contributed by atoms with Crippen LogP contribution in [0.15, 0.2) is 6.07 Å². The molecule has 1 rings (SSSR count). The molecule has 4 heteroatoms. The number of rotatable bonds is 4. The van der Waals surface area contributed by atoms with Gasteiger partial charge in [0.15, 0.2) is 0 Å². The number of benzene rings is 1. The highest BCUT2D eigenvalue weighted by molar-refractivity contribution is 5.95. The van der Waals surface area contributed by atoms with E-state index in [2.05, 4.69) is 4.74 Å². The number of hydrogen-bond donors (Lipinski definition) is 0. The van der Waals surface area contributed by atoms with Gasteiger partial charge in [-0.3, -0.25) is 4.79 Å². The minimum atomic E-state index is -0.384. The highest BCUT2D eigenvalue weighted by Crippen LogP contribution is 2.24. The molecule has 0 aliphatic heterocycles. The Morgan fingerprint density at radius 2 is 1.79 bits per heavy atom. The molecule has 1 aromatic rings. The molecular weight excluding hydrogens is 244 g/mol. The summed E-state index contributed by atoms with van der Waals surface area (Å²) in [7, 11) is 1.34. The lowest BCUT2D eigenvalue weighted by Crippen LogP contribution is -2.16. The normalized spacial score (nSPS) is 10.2. The van der Waals surface area contributed by atoms with Gasteiger partial charge < -0.3 is 9.47 Å². The van der Waals surface area contributed by atoms with E-state index < -0.39 is 0 Å². The van der Waals surface area contributed by atoms with Gasteiger partial charge in [-0.05, 0) is 49.9 Å². The van der Waals surface area contributed by atoms with Gasteiger partial charge in [-0.15, -0.1) is 0 Å². The lowest BCUT2D eigenvalue weighted by molar-refractivity contribution is -0.139. The summed E-state index contributed by atoms with van der Waals surface area (Å²) >= 11 is 0. The molecule has 4 nitrogen and oxygen atoms in total. The molecule has 0 aliphatic carbocycles. The van der Waals surface area contributed by atoms with Crippen molar-refractivity contribution in [2.45, 2.75) is 34.1 Å². The second-order valence-corrected chi connectivity index (χ2v) is 4.46. The zero-order valence-electron chi connectivity index (χ0n) is 12.1. The van der Waals surface area contributed by atoms with Crippen LogP contribution in [0, 0.1) is 20.8 Å². The van der Waals surface area contributed by atoms with Crippen LogP contribution in [0.5, 0.6) is 0 Å². The molecule has 0 radical (unpaired) electrons. The first kappa shape index (κ1) is 15.2. The average molecular weight is 264 g/mol. The fourth-order valence-corrected chi connectivity index (χ4v) is 2.06. The topological polar surface area (TPSA) is 52.6 Å². The average Bonchev–Trinajstić information content (AvgIpc) is 2.36. The number of esters is 2. The van der Waals surface area contributed by atoms with Crippen LogP contribution < -0.4 is 0 Å². The van der Waals surface area contributed by atoms with Crippen molar-refractivity contribution in [3.8, 4) is 0 Å². The van der Waals surface area contributed by atoms with Crippen molar-refractivity contribution in [2.24, 2.45) is 0 Å². The van der Waals surface area contributed by atoms with Gasteiger partial charge in [0.25, 0.3) is 0 Å². The Labute approximate surface area is 113 Å². The van der Waals surface area contributed by atoms with Crippen molar-refractivity contribution in [2.75, 3.05) is 13.7 Å². The largest absolute Gasteiger partial charge is 0.469 e. The Morgan fingerprint density at radius 3 is 2.32 bits per heavy atom. The first-order valence-electron chi connectivity index (χ1n) is 6.25. The monoisotopic (exact) mass is 264 g/mol. The summed E-state index contributed by atoms with van der Waals surface area (Å²) in [6, 6.07) is 1.97. The molecule has 0 aromatic heterocycles. The molecule has 0 saturated heterocycles. The number of ether oxygens (including phenoxy) is 2. The molecule has 0 spiro atoms. The molecule has 0 aliphatic rings. The van der Waals surface area contributed by atoms with E-state index in [1.165, 1.54) is 7.11 Å². The molecule has 0 heterocycles. The zero-order valence-corrected chi connectivity index (χ0v) is 12.1. The third kappa shape index (κ3) is 3.34. The van der Waals surface area contributed by atoms with Gasteiger partial charge in [-0.2, -0.15) is 0 Å². The summed E-state index contributed by atoms with van der Waals surface area (Å²) in [5.74, 6) is -0.748. The van der Waals surface area contributed by atoms with Crippen LogP contribution in [0.3, 0.4) is 0 Å². The maximum absolute atomic E-state index is 12.1. The van der Waals surface area contributed by atoms with E-state index in [9.17, 15) is 9.59 Å². The second-order valence-electron chi connectivity index (χ2n) is 4.46. The summed E-state index contributed by atoms with van der Waals surface area (Å²) in [5.41, 5.74) is 3.94. The van der Waals surface area contributed by atoms with Gasteiger partial charge in [-0.1, -0.05) is 6.07 Å². The SMILES string of the molecule is CCOC(=O)c1c(C)c(C)cc(C)c1CC(=O)OC. The van der Waals surface area contributed by atoms with E-state index in [1.54, 1.807) is 6.92 Å². The lowest BCUT2D eigenvalue weighted by atomic mass is 9.91. The van der Waals surface area contributed by atoms with Gasteiger partial charge in [0.2, 0.25) is 0 Å². The van der Waals surface area contributed by atoms with Crippen molar-refractivity contribution in [1.29, 1.82) is 0 Å². The van der Waals surface area contributed by atoms with Crippen molar-refractivity contribution in [3.63, 3.8) is 0 Å². The van der Waals surface area contributed by atoms with E-state index in [1.807, 2.05) is 26.8 Å². The summed E-state index contributed by atoms with van der Waals surface area (Å²) in [6.45, 7) is 7.75. The fourth-order valence-electron chi connectivity index (χ4n) is 2.06. The van der Waals surface area contributed by atoms with E-state index >= 15 is 0 Å². The van der Waals surface area contributed by atoms with E-state index in [0.29, 0.717) is 17.7 Å². The number of carbonyl (C=O) groups is 2. The summed E-state index contributed by atoms with van der Waals surface area (Å²) in [6.07, 6.45) is 0.0810. The van der Waals surface area contributed by atoms with Crippen LogP contribution in [0.25, 0.3) is 0 Å². The number of aryl methyl sites for hydroxylation is 2. The molecule has 0 saturated carbocycles. The third-order valence-electron chi connectivity index (χ3n) is 3.21. The van der Waals surface area contributed by atoms with Crippen molar-refractivity contribution >= 4 is 11.9 Å². The summed E-state index contributed by atoms with van der Waals surface area (Å²) in [5, 5.41) is 0. The molecular formula is C15H20O4. The second kappa shape index (κ2) is 6.36. The predicted octanol–water partition coefficient (Wildman–Crippen LogP) is 2.50. The van der Waals surface area contributed by atoms with Crippen molar-refractivity contribution in [3.05, 3.63) is 33.9 Å². The van der Waals surface area contributed by atoms with Crippen LogP contribution >= 0.6 is 0 Å². The van der Waals surface area contributed by atoms with Crippen molar-refractivity contribution < 1.29 is 19.1 Å². The fraction of sp³-hybridized carbons (Fsp3) is 0.467. The van der Waals surface area contributed by atoms with Crippen molar-refractivity contribution in [1.82, 2.24) is 0 Å². The van der Waals surface area contributed by atoms with Crippen LogP contribution in [0.2, 0.25) is 0 Å². The summed E-state index contributed by atoms with van der Waals surface area (Å²) < 4.78 is 9.77. The van der Waals surface area contributed by atoms with Crippen LogP contribution in [-0.4, -0.2) is 25.7 Å². The number of hydrogen-bond acceptors (Lipinski definition) is 4. The number of methoxy groups -OCH3 is 1. The molecule has 0 N–H and O–H groups in total. The Balaban J connectivity index is 3.37. The Hall–Kier alpha value is -1.84. The highest BCUT2D eigenvalue weighted by Gasteiger charge is 2.21. The maximum atomic E-state index is 12.1. The standard InChI is InChI=1S/C15H20O4/c1-6-19-15(17)14-11(4)9(2)7-10(3)12(14)8-13(16)18-5/h7H,6,8H2,1-5H3. The highest BCUT2D eigenvalue weighted by atomic mass is 16.5. The quantitative estimate of drug-likeness (QED) is 0.784. The molecule has 0 fully saturated rings. The van der Waals surface area contributed by atoms with Gasteiger partial charge in [-0.25, -0.2) is 4.79 Å². The minimum Gasteiger partial charge on any atom is -0.469 e. The predicted molar refractivity (Wildman–Crippen MR) is 72.3 cm³/mol. The summed E-state index contributed by atoms with van der Waals surface area (Å²) in [4.78, 5) is 23.6. The first-order valence-corrected chi connectivity index (χ1v) is 6.25.